The van der Waals surface area contributed by atoms with Crippen molar-refractivity contribution in [3.05, 3.63) is 120 Å². The van der Waals surface area contributed by atoms with E-state index in [9.17, 15) is 63.3 Å². The summed E-state index contributed by atoms with van der Waals surface area (Å²) in [6.07, 6.45) is 5.94. The van der Waals surface area contributed by atoms with E-state index in [1.807, 2.05) is 45.9 Å². The van der Waals surface area contributed by atoms with Gasteiger partial charge in [-0.05, 0) is 119 Å². The van der Waals surface area contributed by atoms with Gasteiger partial charge in [-0.2, -0.15) is 0 Å². The molecule has 0 unspecified atom stereocenters. The molecule has 5 aromatic rings. The lowest BCUT2D eigenvalue weighted by atomic mass is 9.85. The molecule has 13 atom stereocenters. The van der Waals surface area contributed by atoms with Crippen LogP contribution in [0.2, 0.25) is 0 Å². The third kappa shape index (κ3) is 31.5. The molecule has 6 rings (SSSR count). The zero-order valence-corrected chi connectivity index (χ0v) is 69.2. The molecular formula is C84H123N17O17. The molecule has 1 fully saturated rings. The van der Waals surface area contributed by atoms with E-state index < -0.39 is 179 Å². The molecule has 0 spiro atoms. The lowest BCUT2D eigenvalue weighted by Crippen LogP contribution is -2.65. The monoisotopic (exact) mass is 1640 g/mol. The average Bonchev–Trinajstić information content (AvgIpc) is 1.84. The van der Waals surface area contributed by atoms with E-state index in [2.05, 4.69) is 79.2 Å². The summed E-state index contributed by atoms with van der Waals surface area (Å²) in [4.78, 5) is 209. The van der Waals surface area contributed by atoms with Gasteiger partial charge >= 0.3 is 0 Å². The first-order valence-electron chi connectivity index (χ1n) is 40.7. The molecule has 0 bridgehead atoms. The van der Waals surface area contributed by atoms with Crippen molar-refractivity contribution in [2.24, 2.45) is 23.3 Å². The van der Waals surface area contributed by atoms with Crippen LogP contribution in [0.15, 0.2) is 97.6 Å². The van der Waals surface area contributed by atoms with E-state index in [-0.39, 0.29) is 88.5 Å². The predicted octanol–water partition coefficient (Wildman–Crippen LogP) is 1.85. The second-order valence-electron chi connectivity index (χ2n) is 32.2. The maximum Gasteiger partial charge on any atom is 0.245 e. The summed E-state index contributed by atoms with van der Waals surface area (Å²) in [5, 5.41) is 54.2. The Morgan fingerprint density at radius 2 is 1.24 bits per heavy atom. The van der Waals surface area contributed by atoms with Gasteiger partial charge in [0, 0.05) is 56.2 Å². The highest BCUT2D eigenvalue weighted by Crippen LogP contribution is 2.25. The van der Waals surface area contributed by atoms with Crippen molar-refractivity contribution in [1.82, 2.24) is 79.2 Å². The number of carbonyl (C=O) groups is 14. The number of ketones is 6. The third-order valence-corrected chi connectivity index (χ3v) is 21.1. The van der Waals surface area contributed by atoms with E-state index in [0.29, 0.717) is 60.9 Å². The SMILES string of the molecule is CC(=O)N[C@@H](CC(C)C)C(=O)N[C@H](C(=O)N[C@@H](Cc1ccccc1)C(=O)N[C@]1(C)CCCCCCCCCCC[C@@](C)(C(=O)N[C@@H](CO)C(N)=O)NN[C@@H](CC(C)C)C(=O)C(=O)[C@H](CCC(N)=O)NCN[C@@H](C)C(=O)CC(=O)[C@H](Cc2c[nH]c3ccccc23)NN[C@@H](Cc2ccc(O)cc2)C(=O)N[C@@H](Cc2c[nH]cn2)C(=O)CC1=O)[C@@H](C)O. The highest BCUT2D eigenvalue weighted by atomic mass is 16.3. The van der Waals surface area contributed by atoms with Gasteiger partial charge in [-0.3, -0.25) is 77.8 Å². The first kappa shape index (κ1) is 96.5. The molecule has 1 aliphatic heterocycles. The van der Waals surface area contributed by atoms with Gasteiger partial charge in [-0.1, -0.05) is 146 Å². The number of para-hydroxylation sites is 1. The number of hydrogen-bond donors (Lipinski definition) is 19. The average molecular weight is 1640 g/mol. The van der Waals surface area contributed by atoms with Crippen LogP contribution < -0.4 is 75.7 Å². The minimum atomic E-state index is -1.87. The Kier molecular flexibility index (Phi) is 39.2. The number of phenols is 1. The molecule has 1 saturated heterocycles. The number of aliphatic hydroxyl groups excluding tert-OH is 2. The molecule has 0 aliphatic carbocycles. The fourth-order valence-electron chi connectivity index (χ4n) is 14.0. The van der Waals surface area contributed by atoms with Crippen molar-refractivity contribution in [3.8, 4) is 5.75 Å². The second kappa shape index (κ2) is 47.9. The molecule has 0 saturated carbocycles. The van der Waals surface area contributed by atoms with Gasteiger partial charge in [0.05, 0.1) is 73.3 Å². The fourth-order valence-corrected chi connectivity index (χ4v) is 14.0. The number of primary amides is 2. The van der Waals surface area contributed by atoms with E-state index >= 15 is 19.2 Å². The van der Waals surface area contributed by atoms with E-state index in [4.69, 9.17) is 11.5 Å². The van der Waals surface area contributed by atoms with Gasteiger partial charge in [-0.25, -0.2) is 26.7 Å². The highest BCUT2D eigenvalue weighted by molar-refractivity contribution is 6.41. The molecule has 21 N–H and O–H groups in total. The zero-order chi connectivity index (χ0) is 86.8. The number of phenolic OH excluding ortho intramolecular Hbond substituents is 1. The summed E-state index contributed by atoms with van der Waals surface area (Å²) in [6.45, 7) is 13.1. The molecule has 1 aliphatic rings. The Bertz CT molecular complexity index is 4180. The molecule has 34 heteroatoms. The number of nitrogens with one attached hydrogen (secondary N) is 14. The number of imidazole rings is 1. The molecule has 3 heterocycles. The number of H-pyrrole nitrogens is 2. The summed E-state index contributed by atoms with van der Waals surface area (Å²) < 4.78 is 0. The lowest BCUT2D eigenvalue weighted by molar-refractivity contribution is -0.140. The van der Waals surface area contributed by atoms with Crippen LogP contribution in [0.4, 0.5) is 0 Å². The van der Waals surface area contributed by atoms with Crippen LogP contribution in [-0.2, 0) is 92.8 Å². The molecular weight excluding hydrogens is 1520 g/mol. The van der Waals surface area contributed by atoms with Crippen LogP contribution in [-0.4, -0.2) is 203 Å². The topological polar surface area (TPSA) is 541 Å². The number of aromatic nitrogens is 3. The number of carbonyl (C=O) groups excluding carboxylic acids is 14. The molecule has 2 aromatic heterocycles. The maximum absolute atomic E-state index is 15.5. The van der Waals surface area contributed by atoms with Crippen LogP contribution in [0.1, 0.15) is 194 Å². The summed E-state index contributed by atoms with van der Waals surface area (Å²) in [5.41, 5.74) is 22.3. The second-order valence-corrected chi connectivity index (χ2v) is 32.2. The van der Waals surface area contributed by atoms with Gasteiger partial charge < -0.3 is 68.7 Å². The summed E-state index contributed by atoms with van der Waals surface area (Å²) in [6, 6.07) is 8.23. The predicted molar refractivity (Wildman–Crippen MR) is 440 cm³/mol. The lowest BCUT2D eigenvalue weighted by Gasteiger charge is -2.33. The number of Topliss-reactive ketones (excluding diaryl/α,β-unsaturated/α-hetero) is 6. The van der Waals surface area contributed by atoms with Gasteiger partial charge in [0.25, 0.3) is 0 Å². The van der Waals surface area contributed by atoms with Gasteiger partial charge in [-0.15, -0.1) is 0 Å². The summed E-state index contributed by atoms with van der Waals surface area (Å²) in [7, 11) is 0. The number of amides is 8. The summed E-state index contributed by atoms with van der Waals surface area (Å²) >= 11 is 0. The number of aromatic amines is 2. The number of nitrogens with two attached hydrogens (primary N) is 2. The van der Waals surface area contributed by atoms with Crippen molar-refractivity contribution < 1.29 is 82.4 Å². The highest BCUT2D eigenvalue weighted by Gasteiger charge is 2.42. The normalized spacial score (nSPS) is 23.1. The van der Waals surface area contributed by atoms with Crippen molar-refractivity contribution in [1.29, 1.82) is 0 Å². The van der Waals surface area contributed by atoms with E-state index in [1.165, 1.54) is 59.3 Å². The van der Waals surface area contributed by atoms with Crippen molar-refractivity contribution >= 4 is 92.9 Å². The number of aliphatic hydroxyl groups is 2. The molecule has 34 nitrogen and oxygen atoms in total. The summed E-state index contributed by atoms with van der Waals surface area (Å²) in [5.74, 6) is -11.6. The first-order valence-corrected chi connectivity index (χ1v) is 40.7. The largest absolute Gasteiger partial charge is 0.508 e. The first-order chi connectivity index (χ1) is 56.0. The number of rotatable bonds is 27. The Morgan fingerprint density at radius 3 is 1.85 bits per heavy atom. The minimum Gasteiger partial charge on any atom is -0.508 e. The zero-order valence-electron chi connectivity index (χ0n) is 69.2. The minimum absolute atomic E-state index is 0.0468. The third-order valence-electron chi connectivity index (χ3n) is 21.1. The number of hydrogen-bond acceptors (Lipinski definition) is 24. The van der Waals surface area contributed by atoms with Crippen LogP contribution in [0.25, 0.3) is 10.9 Å². The molecule has 8 amide bonds. The van der Waals surface area contributed by atoms with Crippen LogP contribution in [0, 0.1) is 11.8 Å². The van der Waals surface area contributed by atoms with Crippen molar-refractivity contribution in [3.63, 3.8) is 0 Å². The maximum atomic E-state index is 15.5. The van der Waals surface area contributed by atoms with Crippen LogP contribution >= 0.6 is 0 Å². The quantitative estimate of drug-likeness (QED) is 0.0263. The van der Waals surface area contributed by atoms with Crippen LogP contribution in [0.5, 0.6) is 5.75 Å². The Labute approximate surface area is 688 Å². The fraction of sp³-hybridized carbons (Fsp3) is 0.560. The van der Waals surface area contributed by atoms with E-state index in [1.54, 1.807) is 54.7 Å². The standard InChI is InChI=1S/C84H123N17O17/c1-49(2)36-64-76(112)75(111)61(32-33-73(85)110)91-48-89-51(5)69(106)42-70(107)63(40-56-44-88-60-27-21-20-26-59(56)60)98-99-67(39-55-28-30-58(105)31-29-55)79(115)93-62(41-57-45-87-47-90-57)71(108)43-72(109)83(8,34-22-15-13-11-10-12-14-16-23-35-84(9,101-100-64)82(118)95-68(46-102)77(86)113)97-80(116)66(38-54-24-18-17-19-25-54)94-81(117)74(52(6)103)96-78(114)65(37-50(3)4)92-53(7)104/h17-21,24-31,44-45,47,49-52,61-68,74,88-89,91,98-103,105H,10-16,22-23,32-43,46,48H2,1-9H3,(H2,85,110)(H2,86,113)(H,87,90)(H,92,104)(H,93,115)(H,94,117)(H,95,118)(H,96,114)(H,97,116)/t51-,52+,61-,62-,63-,64-,65-,66-,67-,68-,74-,83+,84-/m0/s1. The van der Waals surface area contributed by atoms with Gasteiger partial charge in [0.1, 0.15) is 41.5 Å². The Morgan fingerprint density at radius 1 is 0.610 bits per heavy atom. The number of hydrazine groups is 2. The number of aromatic hydroxyl groups is 1. The van der Waals surface area contributed by atoms with Crippen molar-refractivity contribution in [2.45, 2.75) is 275 Å². The number of benzene rings is 3. The molecule has 0 radical (unpaired) electrons. The molecule has 118 heavy (non-hydrogen) atoms. The molecule has 3 aromatic carbocycles. The van der Waals surface area contributed by atoms with Crippen LogP contribution in [0.3, 0.4) is 0 Å². The Hall–Kier alpha value is -10.3. The molecule has 646 valence electrons. The van der Waals surface area contributed by atoms with Gasteiger partial charge in [0.15, 0.2) is 23.1 Å². The van der Waals surface area contributed by atoms with Gasteiger partial charge in [0.2, 0.25) is 58.8 Å². The Balaban J connectivity index is 1.39. The smallest absolute Gasteiger partial charge is 0.245 e. The number of fused-ring (bicyclic) bond motifs is 1. The number of nitrogens with zero attached hydrogens (tertiary/aromatic N) is 1. The van der Waals surface area contributed by atoms with Crippen molar-refractivity contribution in [2.75, 3.05) is 13.3 Å². The van der Waals surface area contributed by atoms with E-state index in [0.717, 1.165) is 30.2 Å².